The summed E-state index contributed by atoms with van der Waals surface area (Å²) in [5.74, 6) is -1.36. The number of benzene rings is 1. The van der Waals surface area contributed by atoms with Gasteiger partial charge in [0.2, 0.25) is 10.0 Å². The van der Waals surface area contributed by atoms with E-state index in [1.165, 1.54) is 12.1 Å². The van der Waals surface area contributed by atoms with Gasteiger partial charge in [0.25, 0.3) is 0 Å². The molecule has 1 aromatic carbocycles. The molecule has 1 fully saturated rings. The Morgan fingerprint density at radius 1 is 1.23 bits per heavy atom. The van der Waals surface area contributed by atoms with Crippen molar-refractivity contribution in [1.82, 2.24) is 4.72 Å². The fraction of sp³-hybridized carbons (Fsp3) is 0.556. The first kappa shape index (κ1) is 20.4. The lowest BCUT2D eigenvalue weighted by Crippen LogP contribution is -2.57. The number of aliphatic carboxylic acids is 1. The molecule has 1 aromatic rings. The van der Waals surface area contributed by atoms with E-state index < -0.39 is 27.4 Å². The molecule has 0 amide bonds. The van der Waals surface area contributed by atoms with Crippen LogP contribution in [0, 0.1) is 5.92 Å². The van der Waals surface area contributed by atoms with Gasteiger partial charge in [-0.15, -0.1) is 0 Å². The normalized spacial score (nSPS) is 18.0. The van der Waals surface area contributed by atoms with Crippen molar-refractivity contribution in [1.29, 1.82) is 0 Å². The molecule has 8 heteroatoms. The molecule has 144 valence electrons. The molecule has 0 spiro atoms. The molecule has 1 heterocycles. The lowest BCUT2D eigenvalue weighted by molar-refractivity contribution is -0.146. The summed E-state index contributed by atoms with van der Waals surface area (Å²) in [4.78, 5) is 25.1. The van der Waals surface area contributed by atoms with Crippen molar-refractivity contribution in [3.8, 4) is 0 Å². The third-order valence-electron chi connectivity index (χ3n) is 5.07. The number of carbonyl (C=O) groups excluding carboxylic acids is 1. The predicted molar refractivity (Wildman–Crippen MR) is 98.7 cm³/mol. The summed E-state index contributed by atoms with van der Waals surface area (Å²) in [6.45, 7) is 6.25. The van der Waals surface area contributed by atoms with Gasteiger partial charge in [0, 0.05) is 31.6 Å². The average molecular weight is 382 g/mol. The van der Waals surface area contributed by atoms with Crippen LogP contribution in [0.3, 0.4) is 0 Å². The molecule has 0 bridgehead atoms. The van der Waals surface area contributed by atoms with Crippen LogP contribution in [0.4, 0.5) is 5.69 Å². The fourth-order valence-corrected chi connectivity index (χ4v) is 4.75. The molecule has 0 aliphatic carbocycles. The topological polar surface area (TPSA) is 104 Å². The third-order valence-corrected chi connectivity index (χ3v) is 6.60. The second-order valence-corrected chi connectivity index (χ2v) is 8.59. The maximum atomic E-state index is 12.7. The Hall–Kier alpha value is -1.93. The van der Waals surface area contributed by atoms with Crippen LogP contribution in [0.2, 0.25) is 0 Å². The molecule has 26 heavy (non-hydrogen) atoms. The second kappa shape index (κ2) is 7.75. The van der Waals surface area contributed by atoms with Crippen LogP contribution < -0.4 is 9.62 Å². The van der Waals surface area contributed by atoms with Crippen molar-refractivity contribution < 1.29 is 23.1 Å². The maximum absolute atomic E-state index is 12.7. The van der Waals surface area contributed by atoms with Gasteiger partial charge in [-0.05, 0) is 36.6 Å². The van der Waals surface area contributed by atoms with Crippen LogP contribution in [-0.4, -0.2) is 43.9 Å². The highest BCUT2D eigenvalue weighted by atomic mass is 32.2. The summed E-state index contributed by atoms with van der Waals surface area (Å²) in [6.07, 6.45) is 1.13. The van der Waals surface area contributed by atoms with Crippen LogP contribution in [0.1, 0.15) is 40.0 Å². The molecule has 1 aliphatic rings. The number of rotatable bonds is 7. The van der Waals surface area contributed by atoms with E-state index in [4.69, 9.17) is 0 Å². The number of ketones is 1. The Morgan fingerprint density at radius 3 is 2.19 bits per heavy atom. The van der Waals surface area contributed by atoms with Gasteiger partial charge >= 0.3 is 5.97 Å². The highest BCUT2D eigenvalue weighted by Crippen LogP contribution is 2.26. The molecule has 7 nitrogen and oxygen atoms in total. The number of carbonyl (C=O) groups is 2. The van der Waals surface area contributed by atoms with Crippen LogP contribution in [0.15, 0.2) is 29.2 Å². The van der Waals surface area contributed by atoms with E-state index in [9.17, 15) is 23.1 Å². The highest BCUT2D eigenvalue weighted by molar-refractivity contribution is 7.89. The number of anilines is 1. The van der Waals surface area contributed by atoms with Crippen molar-refractivity contribution in [2.45, 2.75) is 50.5 Å². The van der Waals surface area contributed by atoms with E-state index in [0.717, 1.165) is 5.69 Å². The monoisotopic (exact) mass is 382 g/mol. The standard InChI is InChI=1S/C18H26N2O5S/c1-4-18(13(2)3,17(22)23)19-26(24,25)16-7-5-14(6-8-16)20-11-9-15(21)10-12-20/h5-8,13,19H,4,9-12H2,1-3H3,(H,22,23)/t18-/m0/s1. The van der Waals surface area contributed by atoms with Gasteiger partial charge in [-0.3, -0.25) is 9.59 Å². The van der Waals surface area contributed by atoms with Crippen molar-refractivity contribution in [3.05, 3.63) is 24.3 Å². The smallest absolute Gasteiger partial charge is 0.325 e. The van der Waals surface area contributed by atoms with Gasteiger partial charge in [-0.1, -0.05) is 20.8 Å². The van der Waals surface area contributed by atoms with Crippen LogP contribution in [0.25, 0.3) is 0 Å². The van der Waals surface area contributed by atoms with E-state index in [1.54, 1.807) is 32.9 Å². The molecule has 1 aliphatic heterocycles. The molecule has 2 N–H and O–H groups in total. The third kappa shape index (κ3) is 4.07. The molecule has 0 radical (unpaired) electrons. The average Bonchev–Trinajstić information content (AvgIpc) is 2.60. The van der Waals surface area contributed by atoms with Crippen molar-refractivity contribution in [3.63, 3.8) is 0 Å². The SMILES string of the molecule is CC[C@@](NS(=O)(=O)c1ccc(N2CCC(=O)CC2)cc1)(C(=O)O)C(C)C. The zero-order valence-electron chi connectivity index (χ0n) is 15.4. The van der Waals surface area contributed by atoms with Crippen molar-refractivity contribution >= 4 is 27.5 Å². The summed E-state index contributed by atoms with van der Waals surface area (Å²) in [5, 5.41) is 9.58. The minimum Gasteiger partial charge on any atom is -0.480 e. The molecular formula is C18H26N2O5S. The second-order valence-electron chi connectivity index (χ2n) is 6.91. The predicted octanol–water partition coefficient (Wildman–Crippen LogP) is 2.02. The van der Waals surface area contributed by atoms with Gasteiger partial charge in [0.15, 0.2) is 0 Å². The minimum absolute atomic E-state index is 0.0223. The molecule has 0 unspecified atom stereocenters. The fourth-order valence-electron chi connectivity index (χ4n) is 3.19. The molecular weight excluding hydrogens is 356 g/mol. The summed E-state index contributed by atoms with van der Waals surface area (Å²) >= 11 is 0. The number of piperidine rings is 1. The Labute approximate surface area is 154 Å². The number of carboxylic acid groups (broad SMARTS) is 1. The van der Waals surface area contributed by atoms with Crippen LogP contribution in [-0.2, 0) is 19.6 Å². The number of Topliss-reactive ketones (excluding diaryl/α,β-unsaturated/α-hetero) is 1. The molecule has 0 saturated carbocycles. The number of nitrogens with one attached hydrogen (secondary N) is 1. The number of hydrogen-bond acceptors (Lipinski definition) is 5. The molecule has 2 rings (SSSR count). The first-order valence-electron chi connectivity index (χ1n) is 8.76. The van der Waals surface area contributed by atoms with Gasteiger partial charge < -0.3 is 10.0 Å². The lowest BCUT2D eigenvalue weighted by atomic mass is 9.85. The zero-order valence-corrected chi connectivity index (χ0v) is 16.2. The van der Waals surface area contributed by atoms with Gasteiger partial charge in [0.05, 0.1) is 4.90 Å². The number of carboxylic acids is 1. The van der Waals surface area contributed by atoms with Crippen LogP contribution >= 0.6 is 0 Å². The highest BCUT2D eigenvalue weighted by Gasteiger charge is 2.43. The Morgan fingerprint density at radius 2 is 1.77 bits per heavy atom. The van der Waals surface area contributed by atoms with E-state index in [1.807, 2.05) is 4.90 Å². The molecule has 1 saturated heterocycles. The number of hydrogen-bond donors (Lipinski definition) is 2. The Bertz CT molecular complexity index is 763. The van der Waals surface area contributed by atoms with Gasteiger partial charge in [-0.25, -0.2) is 8.42 Å². The van der Waals surface area contributed by atoms with E-state index in [2.05, 4.69) is 4.72 Å². The Balaban J connectivity index is 2.23. The maximum Gasteiger partial charge on any atom is 0.325 e. The summed E-state index contributed by atoms with van der Waals surface area (Å²) in [5.41, 5.74) is -0.703. The van der Waals surface area contributed by atoms with E-state index in [-0.39, 0.29) is 17.1 Å². The van der Waals surface area contributed by atoms with Gasteiger partial charge in [-0.2, -0.15) is 4.72 Å². The quantitative estimate of drug-likeness (QED) is 0.748. The lowest BCUT2D eigenvalue weighted by Gasteiger charge is -2.33. The first-order chi connectivity index (χ1) is 12.1. The largest absolute Gasteiger partial charge is 0.480 e. The Kier molecular flexibility index (Phi) is 6.08. The number of sulfonamides is 1. The zero-order chi connectivity index (χ0) is 19.5. The molecule has 1 atom stereocenters. The summed E-state index contributed by atoms with van der Waals surface area (Å²) in [7, 11) is -3.98. The van der Waals surface area contributed by atoms with Gasteiger partial charge in [0.1, 0.15) is 11.3 Å². The van der Waals surface area contributed by atoms with Crippen molar-refractivity contribution in [2.75, 3.05) is 18.0 Å². The van der Waals surface area contributed by atoms with Crippen LogP contribution in [0.5, 0.6) is 0 Å². The number of nitrogens with zero attached hydrogens (tertiary/aromatic N) is 1. The van der Waals surface area contributed by atoms with E-state index in [0.29, 0.717) is 25.9 Å². The molecule has 0 aromatic heterocycles. The van der Waals surface area contributed by atoms with E-state index >= 15 is 0 Å². The van der Waals surface area contributed by atoms with Crippen molar-refractivity contribution in [2.24, 2.45) is 5.92 Å². The summed E-state index contributed by atoms with van der Waals surface area (Å²) in [6, 6.07) is 6.32. The minimum atomic E-state index is -3.98. The summed E-state index contributed by atoms with van der Waals surface area (Å²) < 4.78 is 27.8. The first-order valence-corrected chi connectivity index (χ1v) is 10.2.